The topological polar surface area (TPSA) is 23.5 Å². The summed E-state index contributed by atoms with van der Waals surface area (Å²) in [6.45, 7) is -1.87. The fourth-order valence-electron chi connectivity index (χ4n) is 1.16. The second-order valence-corrected chi connectivity index (χ2v) is 2.57. The fraction of sp³-hybridized carbons (Fsp3) is 1.00. The van der Waals surface area contributed by atoms with Crippen LogP contribution in [0.25, 0.3) is 0 Å². The maximum absolute atomic E-state index is 11.9. The third-order valence-corrected chi connectivity index (χ3v) is 1.70. The Morgan fingerprint density at radius 3 is 2.60 bits per heavy atom. The lowest BCUT2D eigenvalue weighted by Gasteiger charge is -2.28. The van der Waals surface area contributed by atoms with E-state index in [2.05, 4.69) is 0 Å². The Labute approximate surface area is 58.4 Å². The minimum atomic E-state index is -2.41. The molecule has 1 fully saturated rings. The van der Waals surface area contributed by atoms with Gasteiger partial charge in [0.25, 0.3) is 6.55 Å². The zero-order valence-corrected chi connectivity index (χ0v) is 5.63. The summed E-state index contributed by atoms with van der Waals surface area (Å²) in [4.78, 5) is 0.994. The van der Waals surface area contributed by atoms with Crippen LogP contribution in [0.3, 0.4) is 0 Å². The molecule has 0 saturated carbocycles. The molecule has 1 aliphatic heterocycles. The lowest BCUT2D eigenvalue weighted by molar-refractivity contribution is -0.0665. The molecule has 2 nitrogen and oxygen atoms in total. The van der Waals surface area contributed by atoms with Gasteiger partial charge in [0, 0.05) is 13.1 Å². The van der Waals surface area contributed by atoms with Crippen molar-refractivity contribution < 1.29 is 13.9 Å². The average Bonchev–Trinajstić information content (AvgIpc) is 1.88. The molecule has 10 heavy (non-hydrogen) atoms. The lowest BCUT2D eigenvalue weighted by atomic mass is 10.1. The van der Waals surface area contributed by atoms with E-state index in [1.54, 1.807) is 0 Å². The predicted octanol–water partition coefficient (Wildman–Crippen LogP) is 0.666. The van der Waals surface area contributed by atoms with Crippen molar-refractivity contribution >= 4 is 0 Å². The Kier molecular flexibility index (Phi) is 2.56. The standard InChI is InChI=1S/C6H11F2NO/c7-6(8)9-3-1-2-5(10)4-9/h5-6,10H,1-4H2. The van der Waals surface area contributed by atoms with Crippen LogP contribution in [0.2, 0.25) is 0 Å². The van der Waals surface area contributed by atoms with E-state index >= 15 is 0 Å². The lowest BCUT2D eigenvalue weighted by Crippen LogP contribution is -2.41. The third kappa shape index (κ3) is 1.88. The molecule has 1 saturated heterocycles. The first-order chi connectivity index (χ1) is 4.70. The molecule has 0 spiro atoms. The Hall–Kier alpha value is -0.220. The van der Waals surface area contributed by atoms with Crippen molar-refractivity contribution in [3.63, 3.8) is 0 Å². The zero-order chi connectivity index (χ0) is 7.56. The van der Waals surface area contributed by atoms with Crippen molar-refractivity contribution in [1.82, 2.24) is 4.90 Å². The van der Waals surface area contributed by atoms with Gasteiger partial charge >= 0.3 is 0 Å². The van der Waals surface area contributed by atoms with E-state index < -0.39 is 12.7 Å². The molecule has 0 bridgehead atoms. The fourth-order valence-corrected chi connectivity index (χ4v) is 1.16. The van der Waals surface area contributed by atoms with Gasteiger partial charge in [0.1, 0.15) is 0 Å². The van der Waals surface area contributed by atoms with Crippen LogP contribution in [-0.4, -0.2) is 35.7 Å². The summed E-state index contributed by atoms with van der Waals surface area (Å²) < 4.78 is 23.8. The number of rotatable bonds is 1. The summed E-state index contributed by atoms with van der Waals surface area (Å²) in [6.07, 6.45) is 0.775. The minimum absolute atomic E-state index is 0.123. The second-order valence-electron chi connectivity index (χ2n) is 2.57. The summed E-state index contributed by atoms with van der Waals surface area (Å²) in [6, 6.07) is 0. The van der Waals surface area contributed by atoms with Gasteiger partial charge in [-0.2, -0.15) is 8.78 Å². The van der Waals surface area contributed by atoms with Crippen molar-refractivity contribution in [2.24, 2.45) is 0 Å². The normalized spacial score (nSPS) is 29.4. The molecule has 0 amide bonds. The summed E-state index contributed by atoms with van der Waals surface area (Å²) in [5.74, 6) is 0. The Morgan fingerprint density at radius 1 is 1.50 bits per heavy atom. The van der Waals surface area contributed by atoms with Gasteiger partial charge in [0.2, 0.25) is 0 Å². The summed E-state index contributed by atoms with van der Waals surface area (Å²) in [7, 11) is 0. The smallest absolute Gasteiger partial charge is 0.294 e. The molecule has 0 aromatic carbocycles. The third-order valence-electron chi connectivity index (χ3n) is 1.70. The van der Waals surface area contributed by atoms with Crippen LogP contribution >= 0.6 is 0 Å². The van der Waals surface area contributed by atoms with Gasteiger partial charge in [-0.15, -0.1) is 0 Å². The molecule has 0 radical (unpaired) electrons. The van der Waals surface area contributed by atoms with Crippen molar-refractivity contribution in [2.45, 2.75) is 25.5 Å². The van der Waals surface area contributed by atoms with Crippen molar-refractivity contribution in [3.05, 3.63) is 0 Å². The first kappa shape index (κ1) is 7.88. The van der Waals surface area contributed by atoms with Crippen molar-refractivity contribution in [3.8, 4) is 0 Å². The SMILES string of the molecule is OC1CCCN(C(F)F)C1. The van der Waals surface area contributed by atoms with E-state index in [0.717, 1.165) is 4.90 Å². The van der Waals surface area contributed by atoms with Crippen LogP contribution in [0.5, 0.6) is 0 Å². The van der Waals surface area contributed by atoms with Crippen LogP contribution in [0.4, 0.5) is 8.78 Å². The van der Waals surface area contributed by atoms with E-state index in [0.29, 0.717) is 19.4 Å². The number of halogens is 2. The molecule has 1 heterocycles. The largest absolute Gasteiger partial charge is 0.392 e. The highest BCUT2D eigenvalue weighted by Gasteiger charge is 2.23. The van der Waals surface area contributed by atoms with E-state index in [4.69, 9.17) is 5.11 Å². The minimum Gasteiger partial charge on any atom is -0.392 e. The van der Waals surface area contributed by atoms with Crippen molar-refractivity contribution in [2.75, 3.05) is 13.1 Å². The van der Waals surface area contributed by atoms with Crippen LogP contribution in [0.1, 0.15) is 12.8 Å². The van der Waals surface area contributed by atoms with Gasteiger partial charge in [-0.05, 0) is 12.8 Å². The Morgan fingerprint density at radius 2 is 2.20 bits per heavy atom. The summed E-state index contributed by atoms with van der Waals surface area (Å²) >= 11 is 0. The second kappa shape index (κ2) is 3.25. The summed E-state index contributed by atoms with van der Waals surface area (Å²) in [5, 5.41) is 8.95. The van der Waals surface area contributed by atoms with Gasteiger partial charge in [0.15, 0.2) is 0 Å². The van der Waals surface area contributed by atoms with E-state index in [9.17, 15) is 8.78 Å². The van der Waals surface area contributed by atoms with E-state index in [-0.39, 0.29) is 6.54 Å². The number of piperidine rings is 1. The van der Waals surface area contributed by atoms with Crippen LogP contribution in [-0.2, 0) is 0 Å². The zero-order valence-electron chi connectivity index (χ0n) is 5.63. The molecule has 1 aliphatic rings. The van der Waals surface area contributed by atoms with E-state index in [1.165, 1.54) is 0 Å². The number of aliphatic hydroxyl groups is 1. The van der Waals surface area contributed by atoms with Gasteiger partial charge in [-0.25, -0.2) is 4.90 Å². The first-order valence-corrected chi connectivity index (χ1v) is 3.40. The molecule has 1 unspecified atom stereocenters. The number of nitrogens with zero attached hydrogens (tertiary/aromatic N) is 1. The molecule has 1 rings (SSSR count). The van der Waals surface area contributed by atoms with Gasteiger partial charge in [0.05, 0.1) is 6.10 Å². The number of aliphatic hydroxyl groups excluding tert-OH is 1. The van der Waals surface area contributed by atoms with Gasteiger partial charge < -0.3 is 5.11 Å². The number of β-amino-alcohol motifs (C(OH)–C–C–N with tert-alkyl or cyclic N) is 1. The highest BCUT2D eigenvalue weighted by molar-refractivity contribution is 4.70. The van der Waals surface area contributed by atoms with Crippen LogP contribution in [0.15, 0.2) is 0 Å². The first-order valence-electron chi connectivity index (χ1n) is 3.40. The molecular weight excluding hydrogens is 140 g/mol. The molecule has 1 N–H and O–H groups in total. The van der Waals surface area contributed by atoms with Crippen LogP contribution in [0, 0.1) is 0 Å². The quantitative estimate of drug-likeness (QED) is 0.557. The Balaban J connectivity index is 2.32. The number of likely N-dealkylation sites (tertiary alicyclic amines) is 1. The monoisotopic (exact) mass is 151 g/mol. The average molecular weight is 151 g/mol. The predicted molar refractivity (Wildman–Crippen MR) is 32.8 cm³/mol. The molecule has 60 valence electrons. The molecule has 0 aromatic rings. The maximum Gasteiger partial charge on any atom is 0.294 e. The van der Waals surface area contributed by atoms with E-state index in [1.807, 2.05) is 0 Å². The number of hydrogen-bond donors (Lipinski definition) is 1. The summed E-state index contributed by atoms with van der Waals surface area (Å²) in [5.41, 5.74) is 0. The molecule has 1 atom stereocenters. The highest BCUT2D eigenvalue weighted by Crippen LogP contribution is 2.13. The highest BCUT2D eigenvalue weighted by atomic mass is 19.3. The Bertz CT molecular complexity index is 110. The van der Waals surface area contributed by atoms with Gasteiger partial charge in [-0.3, -0.25) is 0 Å². The number of alkyl halides is 2. The van der Waals surface area contributed by atoms with Crippen LogP contribution < -0.4 is 0 Å². The number of hydrogen-bond acceptors (Lipinski definition) is 2. The molecule has 0 aliphatic carbocycles. The maximum atomic E-state index is 11.9. The molecular formula is C6H11F2NO. The molecule has 4 heteroatoms. The molecule has 0 aromatic heterocycles. The van der Waals surface area contributed by atoms with Crippen molar-refractivity contribution in [1.29, 1.82) is 0 Å². The van der Waals surface area contributed by atoms with Gasteiger partial charge in [-0.1, -0.05) is 0 Å².